The van der Waals surface area contributed by atoms with E-state index in [1.165, 1.54) is 0 Å². The van der Waals surface area contributed by atoms with Gasteiger partial charge in [0.1, 0.15) is 0 Å². The van der Waals surface area contributed by atoms with E-state index in [4.69, 9.17) is 5.11 Å². The second-order valence-corrected chi connectivity index (χ2v) is 5.40. The average Bonchev–Trinajstić information content (AvgIpc) is 2.33. The molecule has 2 N–H and O–H groups in total. The zero-order valence-corrected chi connectivity index (χ0v) is 11.1. The third kappa shape index (κ3) is 3.05. The van der Waals surface area contributed by atoms with Gasteiger partial charge in [-0.25, -0.2) is 0 Å². The standard InChI is InChI=1S/C14H18N2O3/c1-14(2)9-16(12(17)7-8-13(18)19)11-6-4-3-5-10(11)15-14/h3-6,15H,7-9H2,1-2H3,(H,18,19). The lowest BCUT2D eigenvalue weighted by Crippen LogP contribution is -2.50. The number of para-hydroxylation sites is 2. The van der Waals surface area contributed by atoms with E-state index < -0.39 is 5.97 Å². The number of hydrogen-bond donors (Lipinski definition) is 2. The first kappa shape index (κ1) is 13.4. The molecule has 0 fully saturated rings. The molecule has 19 heavy (non-hydrogen) atoms. The average molecular weight is 262 g/mol. The van der Waals surface area contributed by atoms with Gasteiger partial charge in [0.15, 0.2) is 0 Å². The molecule has 0 unspecified atom stereocenters. The summed E-state index contributed by atoms with van der Waals surface area (Å²) < 4.78 is 0. The third-order valence-electron chi connectivity index (χ3n) is 3.08. The van der Waals surface area contributed by atoms with Gasteiger partial charge in [0.05, 0.1) is 17.8 Å². The first-order valence-corrected chi connectivity index (χ1v) is 6.28. The molecule has 1 aliphatic rings. The van der Waals surface area contributed by atoms with E-state index in [0.29, 0.717) is 6.54 Å². The minimum absolute atomic E-state index is 0.0275. The number of carbonyl (C=O) groups is 2. The van der Waals surface area contributed by atoms with Crippen LogP contribution in [0.4, 0.5) is 11.4 Å². The highest BCUT2D eigenvalue weighted by atomic mass is 16.4. The molecule has 0 bridgehead atoms. The minimum Gasteiger partial charge on any atom is -0.481 e. The molecule has 0 saturated carbocycles. The minimum atomic E-state index is -0.948. The monoisotopic (exact) mass is 262 g/mol. The van der Waals surface area contributed by atoms with Crippen LogP contribution in [0.25, 0.3) is 0 Å². The number of nitrogens with one attached hydrogen (secondary N) is 1. The van der Waals surface area contributed by atoms with E-state index in [9.17, 15) is 9.59 Å². The second kappa shape index (κ2) is 4.91. The van der Waals surface area contributed by atoms with Crippen molar-refractivity contribution < 1.29 is 14.7 Å². The predicted octanol–water partition coefficient (Wildman–Crippen LogP) is 2.09. The number of amides is 1. The smallest absolute Gasteiger partial charge is 0.303 e. The van der Waals surface area contributed by atoms with Crippen LogP contribution in [0.3, 0.4) is 0 Å². The summed E-state index contributed by atoms with van der Waals surface area (Å²) in [4.78, 5) is 24.4. The molecule has 0 atom stereocenters. The van der Waals surface area contributed by atoms with E-state index in [1.807, 2.05) is 38.1 Å². The number of carbonyl (C=O) groups excluding carboxylic acids is 1. The molecule has 2 rings (SSSR count). The number of nitrogens with zero attached hydrogens (tertiary/aromatic N) is 1. The van der Waals surface area contributed by atoms with E-state index >= 15 is 0 Å². The molecule has 102 valence electrons. The molecule has 1 aliphatic heterocycles. The van der Waals surface area contributed by atoms with Crippen LogP contribution in [-0.4, -0.2) is 29.1 Å². The number of carboxylic acids is 1. The number of rotatable bonds is 3. The van der Waals surface area contributed by atoms with E-state index in [1.54, 1.807) is 4.90 Å². The highest BCUT2D eigenvalue weighted by Gasteiger charge is 2.32. The molecule has 0 aromatic heterocycles. The summed E-state index contributed by atoms with van der Waals surface area (Å²) in [5.74, 6) is -1.10. The summed E-state index contributed by atoms with van der Waals surface area (Å²) in [6.07, 6.45) is -0.106. The number of benzene rings is 1. The van der Waals surface area contributed by atoms with Gasteiger partial charge in [0.25, 0.3) is 0 Å². The molecule has 0 radical (unpaired) electrons. The lowest BCUT2D eigenvalue weighted by atomic mass is 9.99. The highest BCUT2D eigenvalue weighted by molar-refractivity contribution is 5.99. The van der Waals surface area contributed by atoms with Crippen LogP contribution in [0.2, 0.25) is 0 Å². The highest BCUT2D eigenvalue weighted by Crippen LogP contribution is 2.34. The van der Waals surface area contributed by atoms with Crippen molar-refractivity contribution in [1.29, 1.82) is 0 Å². The van der Waals surface area contributed by atoms with Crippen LogP contribution in [-0.2, 0) is 9.59 Å². The molecule has 5 heteroatoms. The number of hydrogen-bond acceptors (Lipinski definition) is 3. The van der Waals surface area contributed by atoms with Crippen molar-refractivity contribution in [2.75, 3.05) is 16.8 Å². The van der Waals surface area contributed by atoms with Gasteiger partial charge in [-0.15, -0.1) is 0 Å². The Morgan fingerprint density at radius 1 is 1.32 bits per heavy atom. The molecular formula is C14H18N2O3. The lowest BCUT2D eigenvalue weighted by molar-refractivity contribution is -0.138. The maximum Gasteiger partial charge on any atom is 0.303 e. The van der Waals surface area contributed by atoms with E-state index in [0.717, 1.165) is 11.4 Å². The van der Waals surface area contributed by atoms with Crippen LogP contribution >= 0.6 is 0 Å². The Balaban J connectivity index is 2.24. The Labute approximate surface area is 112 Å². The number of anilines is 2. The van der Waals surface area contributed by atoms with Gasteiger partial charge in [-0.2, -0.15) is 0 Å². The van der Waals surface area contributed by atoms with Gasteiger partial charge in [0.2, 0.25) is 5.91 Å². The summed E-state index contributed by atoms with van der Waals surface area (Å²) in [6, 6.07) is 7.58. The Kier molecular flexibility index (Phi) is 3.46. The fraction of sp³-hybridized carbons (Fsp3) is 0.429. The molecule has 0 aliphatic carbocycles. The van der Waals surface area contributed by atoms with Crippen molar-refractivity contribution in [3.05, 3.63) is 24.3 Å². The maximum absolute atomic E-state index is 12.2. The van der Waals surface area contributed by atoms with Crippen LogP contribution in [0, 0.1) is 0 Å². The van der Waals surface area contributed by atoms with Crippen LogP contribution in [0.1, 0.15) is 26.7 Å². The van der Waals surface area contributed by atoms with Crippen LogP contribution in [0.15, 0.2) is 24.3 Å². The summed E-state index contributed by atoms with van der Waals surface area (Å²) in [5, 5.41) is 12.1. The molecule has 1 amide bonds. The van der Waals surface area contributed by atoms with Gasteiger partial charge in [0, 0.05) is 18.5 Å². The van der Waals surface area contributed by atoms with Gasteiger partial charge in [-0.05, 0) is 26.0 Å². The Morgan fingerprint density at radius 3 is 2.68 bits per heavy atom. The van der Waals surface area contributed by atoms with Crippen molar-refractivity contribution in [3.8, 4) is 0 Å². The van der Waals surface area contributed by atoms with Gasteiger partial charge in [-0.1, -0.05) is 12.1 Å². The first-order valence-electron chi connectivity index (χ1n) is 6.28. The van der Waals surface area contributed by atoms with Crippen molar-refractivity contribution >= 4 is 23.3 Å². The second-order valence-electron chi connectivity index (χ2n) is 5.40. The molecule has 0 saturated heterocycles. The molecular weight excluding hydrogens is 244 g/mol. The number of carboxylic acid groups (broad SMARTS) is 1. The Hall–Kier alpha value is -2.04. The van der Waals surface area contributed by atoms with Crippen molar-refractivity contribution in [3.63, 3.8) is 0 Å². The van der Waals surface area contributed by atoms with Gasteiger partial charge in [-0.3, -0.25) is 9.59 Å². The van der Waals surface area contributed by atoms with Crippen molar-refractivity contribution in [2.24, 2.45) is 0 Å². The third-order valence-corrected chi connectivity index (χ3v) is 3.08. The van der Waals surface area contributed by atoms with Crippen molar-refractivity contribution in [2.45, 2.75) is 32.2 Å². The normalized spacial score (nSPS) is 16.4. The fourth-order valence-electron chi connectivity index (χ4n) is 2.27. The molecule has 1 aromatic rings. The summed E-state index contributed by atoms with van der Waals surface area (Å²) >= 11 is 0. The maximum atomic E-state index is 12.2. The quantitative estimate of drug-likeness (QED) is 0.875. The van der Waals surface area contributed by atoms with Gasteiger partial charge >= 0.3 is 5.97 Å². The Bertz CT molecular complexity index is 511. The van der Waals surface area contributed by atoms with Crippen molar-refractivity contribution in [1.82, 2.24) is 0 Å². The predicted molar refractivity (Wildman–Crippen MR) is 73.4 cm³/mol. The molecule has 5 nitrogen and oxygen atoms in total. The van der Waals surface area contributed by atoms with Gasteiger partial charge < -0.3 is 15.3 Å². The number of fused-ring (bicyclic) bond motifs is 1. The zero-order valence-electron chi connectivity index (χ0n) is 11.1. The molecule has 1 aromatic carbocycles. The summed E-state index contributed by atoms with van der Waals surface area (Å²) in [5.41, 5.74) is 1.49. The first-order chi connectivity index (χ1) is 8.89. The van der Waals surface area contributed by atoms with E-state index in [2.05, 4.69) is 5.32 Å². The zero-order chi connectivity index (χ0) is 14.0. The lowest BCUT2D eigenvalue weighted by Gasteiger charge is -2.40. The van der Waals surface area contributed by atoms with E-state index in [-0.39, 0.29) is 24.3 Å². The summed E-state index contributed by atoms with van der Waals surface area (Å²) in [7, 11) is 0. The number of aliphatic carboxylic acids is 1. The summed E-state index contributed by atoms with van der Waals surface area (Å²) in [6.45, 7) is 4.56. The van der Waals surface area contributed by atoms with Crippen LogP contribution in [0.5, 0.6) is 0 Å². The fourth-order valence-corrected chi connectivity index (χ4v) is 2.27. The SMILES string of the molecule is CC1(C)CN(C(=O)CCC(=O)O)c2ccccc2N1. The van der Waals surface area contributed by atoms with Crippen LogP contribution < -0.4 is 10.2 Å². The largest absolute Gasteiger partial charge is 0.481 e. The molecule has 0 spiro atoms. The molecule has 1 heterocycles. The topological polar surface area (TPSA) is 69.6 Å². The Morgan fingerprint density at radius 2 is 2.00 bits per heavy atom.